The molecule has 1 aromatic carbocycles. The van der Waals surface area contributed by atoms with Gasteiger partial charge in [0.25, 0.3) is 0 Å². The van der Waals surface area contributed by atoms with Crippen LogP contribution in [-0.2, 0) is 6.61 Å². The maximum atomic E-state index is 8.94. The first-order valence-electron chi connectivity index (χ1n) is 6.00. The molecule has 0 aliphatic carbocycles. The zero-order valence-electron chi connectivity index (χ0n) is 10.9. The molecule has 0 atom stereocenters. The molecule has 0 fully saturated rings. The van der Waals surface area contributed by atoms with E-state index in [4.69, 9.17) is 15.2 Å². The molecule has 2 rings (SSSR count). The summed E-state index contributed by atoms with van der Waals surface area (Å²) in [5, 5.41) is 20.8. The van der Waals surface area contributed by atoms with Crippen LogP contribution in [-0.4, -0.2) is 15.9 Å². The zero-order valence-corrected chi connectivity index (χ0v) is 10.9. The fourth-order valence-electron chi connectivity index (χ4n) is 1.67. The Bertz CT molecular complexity index is 658. The van der Waals surface area contributed by atoms with E-state index < -0.39 is 0 Å². The molecule has 1 aromatic heterocycles. The van der Waals surface area contributed by atoms with Gasteiger partial charge in [-0.2, -0.15) is 5.26 Å². The van der Waals surface area contributed by atoms with E-state index in [1.807, 2.05) is 12.1 Å². The highest BCUT2D eigenvalue weighted by Gasteiger charge is 2.04. The van der Waals surface area contributed by atoms with Gasteiger partial charge in [0.1, 0.15) is 24.1 Å². The van der Waals surface area contributed by atoms with Crippen LogP contribution in [0.5, 0.6) is 5.75 Å². The fraction of sp³-hybridized carbons (Fsp3) is 0.133. The Hall–Kier alpha value is -2.87. The number of pyridine rings is 1. The Morgan fingerprint density at radius 2 is 2.10 bits per heavy atom. The van der Waals surface area contributed by atoms with Crippen LogP contribution in [0.15, 0.2) is 47.8 Å². The summed E-state index contributed by atoms with van der Waals surface area (Å²) in [5.41, 5.74) is 2.47. The lowest BCUT2D eigenvalue weighted by atomic mass is 10.1. The second-order valence-corrected chi connectivity index (χ2v) is 4.12. The quantitative estimate of drug-likeness (QED) is 0.525. The first kappa shape index (κ1) is 13.6. The predicted molar refractivity (Wildman–Crippen MR) is 73.7 cm³/mol. The van der Waals surface area contributed by atoms with Gasteiger partial charge in [0, 0.05) is 11.8 Å². The molecule has 1 N–H and O–H groups in total. The second-order valence-electron chi connectivity index (χ2n) is 4.12. The van der Waals surface area contributed by atoms with Gasteiger partial charge in [0.2, 0.25) is 0 Å². The summed E-state index contributed by atoms with van der Waals surface area (Å²) in [5.74, 6) is 0.673. The van der Waals surface area contributed by atoms with Crippen molar-refractivity contribution in [3.05, 3.63) is 59.4 Å². The summed E-state index contributed by atoms with van der Waals surface area (Å²) in [6.45, 7) is 1.99. The number of oxime groups is 1. The molecule has 0 saturated carbocycles. The van der Waals surface area contributed by atoms with Crippen LogP contribution in [0.1, 0.15) is 23.7 Å². The standard InChI is InChI=1S/C15H13N3O2/c1-11(18-19)12-4-6-14(7-5-12)20-10-13-3-2-8-17-15(13)9-16/h2-8,19H,10H2,1H3. The lowest BCUT2D eigenvalue weighted by molar-refractivity contribution is 0.305. The van der Waals surface area contributed by atoms with Gasteiger partial charge in [-0.3, -0.25) is 0 Å². The molecule has 0 bridgehead atoms. The fourth-order valence-corrected chi connectivity index (χ4v) is 1.67. The van der Waals surface area contributed by atoms with Crippen LogP contribution < -0.4 is 4.74 Å². The maximum Gasteiger partial charge on any atom is 0.147 e. The molecule has 0 saturated heterocycles. The summed E-state index contributed by atoms with van der Waals surface area (Å²) in [7, 11) is 0. The zero-order chi connectivity index (χ0) is 14.4. The van der Waals surface area contributed by atoms with Crippen LogP contribution in [0.4, 0.5) is 0 Å². The van der Waals surface area contributed by atoms with Crippen molar-refractivity contribution in [2.24, 2.45) is 5.16 Å². The third-order valence-corrected chi connectivity index (χ3v) is 2.81. The number of nitrogens with zero attached hydrogens (tertiary/aromatic N) is 3. The largest absolute Gasteiger partial charge is 0.489 e. The number of hydrogen-bond acceptors (Lipinski definition) is 5. The Kier molecular flexibility index (Phi) is 4.30. The van der Waals surface area contributed by atoms with E-state index in [0.29, 0.717) is 17.2 Å². The van der Waals surface area contributed by atoms with Crippen molar-refractivity contribution < 1.29 is 9.94 Å². The van der Waals surface area contributed by atoms with Gasteiger partial charge in [0.15, 0.2) is 0 Å². The van der Waals surface area contributed by atoms with Gasteiger partial charge in [-0.25, -0.2) is 4.98 Å². The summed E-state index contributed by atoms with van der Waals surface area (Å²) in [6, 6.07) is 12.8. The van der Waals surface area contributed by atoms with E-state index in [0.717, 1.165) is 11.1 Å². The van der Waals surface area contributed by atoms with Crippen LogP contribution in [0.3, 0.4) is 0 Å². The second kappa shape index (κ2) is 6.34. The van der Waals surface area contributed by atoms with Gasteiger partial charge in [-0.05, 0) is 42.8 Å². The molecule has 100 valence electrons. The molecule has 0 radical (unpaired) electrons. The number of benzene rings is 1. The lowest BCUT2D eigenvalue weighted by Crippen LogP contribution is -2.00. The Labute approximate surface area is 116 Å². The third-order valence-electron chi connectivity index (χ3n) is 2.81. The van der Waals surface area contributed by atoms with E-state index in [-0.39, 0.29) is 6.61 Å². The number of rotatable bonds is 4. The topological polar surface area (TPSA) is 78.5 Å². The van der Waals surface area contributed by atoms with Crippen LogP contribution in [0, 0.1) is 11.3 Å². The molecule has 2 aromatic rings. The van der Waals surface area contributed by atoms with Crippen molar-refractivity contribution >= 4 is 5.71 Å². The van der Waals surface area contributed by atoms with Crippen molar-refractivity contribution in [1.82, 2.24) is 4.98 Å². The summed E-state index contributed by atoms with van der Waals surface area (Å²) >= 11 is 0. The predicted octanol–water partition coefficient (Wildman–Crippen LogP) is 2.73. The lowest BCUT2D eigenvalue weighted by Gasteiger charge is -2.07. The Morgan fingerprint density at radius 3 is 2.75 bits per heavy atom. The van der Waals surface area contributed by atoms with Crippen molar-refractivity contribution in [1.29, 1.82) is 5.26 Å². The molecule has 0 amide bonds. The normalized spacial score (nSPS) is 10.9. The van der Waals surface area contributed by atoms with Gasteiger partial charge in [0.05, 0.1) is 5.71 Å². The number of nitriles is 1. The van der Waals surface area contributed by atoms with Gasteiger partial charge in [-0.15, -0.1) is 0 Å². The molecule has 0 aliphatic heterocycles. The first-order chi connectivity index (χ1) is 9.74. The SMILES string of the molecule is CC(=NO)c1ccc(OCc2cccnc2C#N)cc1. The molecule has 0 spiro atoms. The Morgan fingerprint density at radius 1 is 1.35 bits per heavy atom. The number of ether oxygens (including phenoxy) is 1. The number of aromatic nitrogens is 1. The molecule has 20 heavy (non-hydrogen) atoms. The molecule has 0 unspecified atom stereocenters. The Balaban J connectivity index is 2.06. The summed E-state index contributed by atoms with van der Waals surface area (Å²) in [6.07, 6.45) is 1.58. The average molecular weight is 267 g/mol. The van der Waals surface area contributed by atoms with Crippen molar-refractivity contribution in [3.8, 4) is 11.8 Å². The highest BCUT2D eigenvalue weighted by atomic mass is 16.5. The molecular weight excluding hydrogens is 254 g/mol. The minimum absolute atomic E-state index is 0.281. The molecular formula is C15H13N3O2. The van der Waals surface area contributed by atoms with E-state index >= 15 is 0 Å². The molecule has 1 heterocycles. The highest BCUT2D eigenvalue weighted by Crippen LogP contribution is 2.15. The van der Waals surface area contributed by atoms with Gasteiger partial charge in [-0.1, -0.05) is 11.2 Å². The van der Waals surface area contributed by atoms with E-state index in [1.54, 1.807) is 43.5 Å². The van der Waals surface area contributed by atoms with Crippen LogP contribution in [0.25, 0.3) is 0 Å². The van der Waals surface area contributed by atoms with Gasteiger partial charge >= 0.3 is 0 Å². The first-order valence-corrected chi connectivity index (χ1v) is 6.00. The smallest absolute Gasteiger partial charge is 0.147 e. The van der Waals surface area contributed by atoms with E-state index in [2.05, 4.69) is 10.1 Å². The average Bonchev–Trinajstić information content (AvgIpc) is 2.53. The van der Waals surface area contributed by atoms with E-state index in [1.165, 1.54) is 0 Å². The number of hydrogen-bond donors (Lipinski definition) is 1. The van der Waals surface area contributed by atoms with Gasteiger partial charge < -0.3 is 9.94 Å². The summed E-state index contributed by atoms with van der Waals surface area (Å²) in [4.78, 5) is 3.97. The van der Waals surface area contributed by atoms with E-state index in [9.17, 15) is 0 Å². The molecule has 5 heteroatoms. The molecule has 0 aliphatic rings. The molecule has 5 nitrogen and oxygen atoms in total. The third kappa shape index (κ3) is 3.12. The summed E-state index contributed by atoms with van der Waals surface area (Å²) < 4.78 is 5.61. The maximum absolute atomic E-state index is 8.94. The van der Waals surface area contributed by atoms with Crippen molar-refractivity contribution in [2.45, 2.75) is 13.5 Å². The van der Waals surface area contributed by atoms with Crippen LogP contribution in [0.2, 0.25) is 0 Å². The van der Waals surface area contributed by atoms with Crippen molar-refractivity contribution in [2.75, 3.05) is 0 Å². The highest BCUT2D eigenvalue weighted by molar-refractivity contribution is 5.98. The van der Waals surface area contributed by atoms with Crippen LogP contribution >= 0.6 is 0 Å². The van der Waals surface area contributed by atoms with Crippen molar-refractivity contribution in [3.63, 3.8) is 0 Å². The minimum Gasteiger partial charge on any atom is -0.489 e. The monoisotopic (exact) mass is 267 g/mol. The minimum atomic E-state index is 0.281.